The topological polar surface area (TPSA) is 32.5 Å². The van der Waals surface area contributed by atoms with Crippen LogP contribution in [0.5, 0.6) is 0 Å². The van der Waals surface area contributed by atoms with Crippen LogP contribution >= 0.6 is 23.2 Å². The molecule has 1 aliphatic heterocycles. The summed E-state index contributed by atoms with van der Waals surface area (Å²) in [7, 11) is 4.23. The number of hydrogen-bond acceptors (Lipinski definition) is 3. The van der Waals surface area contributed by atoms with E-state index >= 15 is 0 Å². The Bertz CT molecular complexity index is 451. The molecule has 0 aliphatic carbocycles. The molecule has 2 N–H and O–H groups in total. The van der Waals surface area contributed by atoms with Crippen LogP contribution in [0.3, 0.4) is 0 Å². The summed E-state index contributed by atoms with van der Waals surface area (Å²) in [5, 5.41) is 1.38. The highest BCUT2D eigenvalue weighted by Gasteiger charge is 2.32. The Labute approximate surface area is 131 Å². The number of nitrogens with two attached hydrogens (primary N) is 1. The van der Waals surface area contributed by atoms with Gasteiger partial charge in [-0.05, 0) is 51.2 Å². The second-order valence-electron chi connectivity index (χ2n) is 5.71. The first-order chi connectivity index (χ1) is 9.52. The summed E-state index contributed by atoms with van der Waals surface area (Å²) in [6.45, 7) is 2.71. The monoisotopic (exact) mass is 315 g/mol. The number of hydrogen-bond donors (Lipinski definition) is 1. The summed E-state index contributed by atoms with van der Waals surface area (Å²) in [6.07, 6.45) is 2.44. The lowest BCUT2D eigenvalue weighted by Gasteiger charge is -2.34. The predicted molar refractivity (Wildman–Crippen MR) is 86.5 cm³/mol. The van der Waals surface area contributed by atoms with Gasteiger partial charge in [0.25, 0.3) is 0 Å². The number of likely N-dealkylation sites (tertiary alicyclic amines) is 1. The van der Waals surface area contributed by atoms with Crippen LogP contribution in [0.1, 0.15) is 24.4 Å². The molecule has 5 heteroatoms. The van der Waals surface area contributed by atoms with Crippen LogP contribution in [0.25, 0.3) is 0 Å². The van der Waals surface area contributed by atoms with Crippen molar-refractivity contribution in [3.8, 4) is 0 Å². The van der Waals surface area contributed by atoms with Crippen LogP contribution in [0.15, 0.2) is 18.2 Å². The van der Waals surface area contributed by atoms with Crippen LogP contribution in [0.2, 0.25) is 10.0 Å². The van der Waals surface area contributed by atoms with E-state index in [1.807, 2.05) is 12.1 Å². The molecule has 1 fully saturated rings. The summed E-state index contributed by atoms with van der Waals surface area (Å²) >= 11 is 12.3. The minimum Gasteiger partial charge on any atom is -0.329 e. The second kappa shape index (κ2) is 7.10. The van der Waals surface area contributed by atoms with E-state index in [9.17, 15) is 0 Å². The van der Waals surface area contributed by atoms with Crippen molar-refractivity contribution in [2.24, 2.45) is 5.73 Å². The van der Waals surface area contributed by atoms with Crippen LogP contribution in [-0.2, 0) is 0 Å². The fourth-order valence-corrected chi connectivity index (χ4v) is 3.63. The molecular formula is C15H23Cl2N3. The van der Waals surface area contributed by atoms with Gasteiger partial charge in [0.1, 0.15) is 0 Å². The van der Waals surface area contributed by atoms with Crippen LogP contribution in [0, 0.1) is 0 Å². The van der Waals surface area contributed by atoms with Crippen molar-refractivity contribution in [2.45, 2.75) is 24.9 Å². The van der Waals surface area contributed by atoms with Crippen molar-refractivity contribution in [1.82, 2.24) is 9.80 Å². The van der Waals surface area contributed by atoms with Gasteiger partial charge in [0, 0.05) is 35.2 Å². The van der Waals surface area contributed by atoms with Gasteiger partial charge in [-0.25, -0.2) is 0 Å². The lowest BCUT2D eigenvalue weighted by atomic mass is 10.0. The average molecular weight is 316 g/mol. The van der Waals surface area contributed by atoms with E-state index in [-0.39, 0.29) is 6.04 Å². The number of likely N-dealkylation sites (N-methyl/N-ethyl adjacent to an activating group) is 1. The SMILES string of the molecule is CN(C)CC1CCCN1C(CN)c1ccc(Cl)cc1Cl. The summed E-state index contributed by atoms with van der Waals surface area (Å²) in [5.74, 6) is 0. The van der Waals surface area contributed by atoms with Gasteiger partial charge in [-0.3, -0.25) is 4.90 Å². The van der Waals surface area contributed by atoms with Crippen molar-refractivity contribution in [3.05, 3.63) is 33.8 Å². The maximum Gasteiger partial charge on any atom is 0.0488 e. The quantitative estimate of drug-likeness (QED) is 0.906. The Balaban J connectivity index is 2.22. The summed E-state index contributed by atoms with van der Waals surface area (Å²) in [5.41, 5.74) is 7.12. The van der Waals surface area contributed by atoms with Gasteiger partial charge >= 0.3 is 0 Å². The number of halogens is 2. The van der Waals surface area contributed by atoms with Crippen LogP contribution in [-0.4, -0.2) is 49.6 Å². The molecule has 3 nitrogen and oxygen atoms in total. The fourth-order valence-electron chi connectivity index (χ4n) is 3.10. The molecule has 2 rings (SSSR count). The minimum atomic E-state index is 0.173. The highest BCUT2D eigenvalue weighted by atomic mass is 35.5. The van der Waals surface area contributed by atoms with Gasteiger partial charge in [-0.15, -0.1) is 0 Å². The van der Waals surface area contributed by atoms with Crippen molar-refractivity contribution < 1.29 is 0 Å². The molecule has 0 spiro atoms. The molecule has 20 heavy (non-hydrogen) atoms. The Morgan fingerprint density at radius 2 is 2.15 bits per heavy atom. The normalized spacial score (nSPS) is 21.6. The third kappa shape index (κ3) is 3.66. The lowest BCUT2D eigenvalue weighted by Crippen LogP contribution is -2.42. The standard InChI is InChI=1S/C15H23Cl2N3/c1-19(2)10-12-4-3-7-20(12)15(9-18)13-6-5-11(16)8-14(13)17/h5-6,8,12,15H,3-4,7,9-10,18H2,1-2H3. The second-order valence-corrected chi connectivity index (χ2v) is 6.56. The molecule has 0 aromatic heterocycles. The molecule has 2 atom stereocenters. The van der Waals surface area contributed by atoms with Crippen molar-refractivity contribution in [1.29, 1.82) is 0 Å². The number of benzene rings is 1. The predicted octanol–water partition coefficient (Wildman–Crippen LogP) is 3.02. The number of nitrogens with zero attached hydrogens (tertiary/aromatic N) is 2. The lowest BCUT2D eigenvalue weighted by molar-refractivity contribution is 0.156. The smallest absolute Gasteiger partial charge is 0.0488 e. The Kier molecular flexibility index (Phi) is 5.70. The van der Waals surface area contributed by atoms with E-state index in [1.54, 1.807) is 6.07 Å². The van der Waals surface area contributed by atoms with Gasteiger partial charge in [-0.1, -0.05) is 29.3 Å². The average Bonchev–Trinajstić information content (AvgIpc) is 2.80. The molecule has 1 aromatic rings. The molecule has 1 heterocycles. The van der Waals surface area contributed by atoms with E-state index in [2.05, 4.69) is 23.9 Å². The Morgan fingerprint density at radius 1 is 1.40 bits per heavy atom. The Hall–Kier alpha value is -0.320. The third-order valence-electron chi connectivity index (χ3n) is 3.94. The van der Waals surface area contributed by atoms with Crippen LogP contribution in [0.4, 0.5) is 0 Å². The van der Waals surface area contributed by atoms with Crippen molar-refractivity contribution >= 4 is 23.2 Å². The van der Waals surface area contributed by atoms with Crippen LogP contribution < -0.4 is 5.73 Å². The molecule has 112 valence electrons. The first-order valence-corrected chi connectivity index (χ1v) is 7.84. The molecule has 1 aliphatic rings. The molecule has 0 saturated carbocycles. The van der Waals surface area contributed by atoms with Gasteiger partial charge in [-0.2, -0.15) is 0 Å². The van der Waals surface area contributed by atoms with E-state index in [1.165, 1.54) is 12.8 Å². The minimum absolute atomic E-state index is 0.173. The largest absolute Gasteiger partial charge is 0.329 e. The zero-order chi connectivity index (χ0) is 14.7. The van der Waals surface area contributed by atoms with Gasteiger partial charge in [0.05, 0.1) is 0 Å². The number of rotatable bonds is 5. The molecule has 0 bridgehead atoms. The summed E-state index contributed by atoms with van der Waals surface area (Å²) in [6, 6.07) is 6.42. The maximum absolute atomic E-state index is 6.36. The molecule has 0 amide bonds. The summed E-state index contributed by atoms with van der Waals surface area (Å²) in [4.78, 5) is 4.73. The van der Waals surface area contributed by atoms with E-state index in [4.69, 9.17) is 28.9 Å². The highest BCUT2D eigenvalue weighted by Crippen LogP contribution is 2.34. The highest BCUT2D eigenvalue weighted by molar-refractivity contribution is 6.35. The Morgan fingerprint density at radius 3 is 2.75 bits per heavy atom. The molecular weight excluding hydrogens is 293 g/mol. The molecule has 1 aromatic carbocycles. The van der Waals surface area contributed by atoms with Gasteiger partial charge in [0.2, 0.25) is 0 Å². The van der Waals surface area contributed by atoms with E-state index in [0.717, 1.165) is 18.7 Å². The molecule has 1 saturated heterocycles. The summed E-state index contributed by atoms with van der Waals surface area (Å²) < 4.78 is 0. The first-order valence-electron chi connectivity index (χ1n) is 7.08. The fraction of sp³-hybridized carbons (Fsp3) is 0.600. The molecule has 0 radical (unpaired) electrons. The molecule has 2 unspecified atom stereocenters. The first kappa shape index (κ1) is 16.1. The van der Waals surface area contributed by atoms with Gasteiger partial charge in [0.15, 0.2) is 0 Å². The van der Waals surface area contributed by atoms with Crippen molar-refractivity contribution in [3.63, 3.8) is 0 Å². The zero-order valence-electron chi connectivity index (χ0n) is 12.1. The maximum atomic E-state index is 6.36. The third-order valence-corrected chi connectivity index (χ3v) is 4.51. The van der Waals surface area contributed by atoms with Crippen molar-refractivity contribution in [2.75, 3.05) is 33.7 Å². The van der Waals surface area contributed by atoms with E-state index < -0.39 is 0 Å². The van der Waals surface area contributed by atoms with E-state index in [0.29, 0.717) is 22.6 Å². The van der Waals surface area contributed by atoms with Gasteiger partial charge < -0.3 is 10.6 Å². The zero-order valence-corrected chi connectivity index (χ0v) is 13.7.